The summed E-state index contributed by atoms with van der Waals surface area (Å²) in [6.07, 6.45) is 2.72. The van der Waals surface area contributed by atoms with Crippen molar-refractivity contribution in [1.29, 1.82) is 0 Å². The first kappa shape index (κ1) is 14.5. The van der Waals surface area contributed by atoms with Crippen LogP contribution in [0.25, 0.3) is 0 Å². The Kier molecular flexibility index (Phi) is 3.74. The fourth-order valence-corrected chi connectivity index (χ4v) is 3.40. The second-order valence-electron chi connectivity index (χ2n) is 6.40. The van der Waals surface area contributed by atoms with Gasteiger partial charge in [0, 0.05) is 6.54 Å². The van der Waals surface area contributed by atoms with Crippen molar-refractivity contribution < 1.29 is 13.9 Å². The number of hydrogen-bond acceptors (Lipinski definition) is 2. The summed E-state index contributed by atoms with van der Waals surface area (Å²) < 4.78 is 19.2. The smallest absolute Gasteiger partial charge is 0.233 e. The fraction of sp³-hybridized carbons (Fsp3) is 0.588. The number of amides is 1. The van der Waals surface area contributed by atoms with Gasteiger partial charge in [-0.1, -0.05) is 18.6 Å². The van der Waals surface area contributed by atoms with E-state index in [0.29, 0.717) is 13.2 Å². The zero-order chi connectivity index (χ0) is 15.0. The maximum absolute atomic E-state index is 13.6. The number of morpholine rings is 1. The van der Waals surface area contributed by atoms with Crippen LogP contribution in [0.1, 0.15) is 38.7 Å². The average molecular weight is 291 g/mol. The van der Waals surface area contributed by atoms with Gasteiger partial charge in [-0.25, -0.2) is 4.39 Å². The topological polar surface area (TPSA) is 29.5 Å². The van der Waals surface area contributed by atoms with Crippen molar-refractivity contribution in [2.75, 3.05) is 13.2 Å². The summed E-state index contributed by atoms with van der Waals surface area (Å²) >= 11 is 0. The number of carbonyl (C=O) groups excluding carboxylic acids is 1. The van der Waals surface area contributed by atoms with E-state index in [-0.39, 0.29) is 23.9 Å². The molecule has 1 aromatic carbocycles. The first-order valence-corrected chi connectivity index (χ1v) is 7.72. The molecular weight excluding hydrogens is 269 g/mol. The lowest BCUT2D eigenvalue weighted by atomic mass is 9.63. The van der Waals surface area contributed by atoms with Crippen LogP contribution < -0.4 is 0 Å². The lowest BCUT2D eigenvalue weighted by Crippen LogP contribution is -2.58. The maximum atomic E-state index is 13.6. The number of rotatable bonds is 2. The summed E-state index contributed by atoms with van der Waals surface area (Å²) in [6, 6.07) is 6.61. The predicted molar refractivity (Wildman–Crippen MR) is 78.5 cm³/mol. The minimum atomic E-state index is -0.520. The van der Waals surface area contributed by atoms with E-state index in [9.17, 15) is 9.18 Å². The molecule has 0 radical (unpaired) electrons. The monoisotopic (exact) mass is 291 g/mol. The molecule has 4 heteroatoms. The van der Waals surface area contributed by atoms with Crippen molar-refractivity contribution in [2.45, 2.75) is 50.7 Å². The molecule has 3 nitrogen and oxygen atoms in total. The van der Waals surface area contributed by atoms with Crippen LogP contribution in [0.5, 0.6) is 0 Å². The van der Waals surface area contributed by atoms with Gasteiger partial charge in [-0.15, -0.1) is 0 Å². The van der Waals surface area contributed by atoms with Gasteiger partial charge >= 0.3 is 0 Å². The van der Waals surface area contributed by atoms with E-state index in [1.807, 2.05) is 24.8 Å². The lowest BCUT2D eigenvalue weighted by molar-refractivity contribution is -0.153. The number of hydrogen-bond donors (Lipinski definition) is 0. The molecule has 3 rings (SSSR count). The molecule has 1 aromatic rings. The van der Waals surface area contributed by atoms with E-state index >= 15 is 0 Å². The van der Waals surface area contributed by atoms with E-state index in [2.05, 4.69) is 0 Å². The SMILES string of the molecule is CC1CN(C(=O)C2(c3cccc(F)c3)CCC2)C(C)CO1. The van der Waals surface area contributed by atoms with Crippen molar-refractivity contribution >= 4 is 5.91 Å². The Morgan fingerprint density at radius 2 is 2.14 bits per heavy atom. The van der Waals surface area contributed by atoms with Gasteiger partial charge in [0.15, 0.2) is 0 Å². The normalized spacial score (nSPS) is 28.0. The van der Waals surface area contributed by atoms with Crippen LogP contribution in [0.3, 0.4) is 0 Å². The second kappa shape index (κ2) is 5.41. The highest BCUT2D eigenvalue weighted by Gasteiger charge is 2.49. The van der Waals surface area contributed by atoms with Crippen LogP contribution in [0.15, 0.2) is 24.3 Å². The highest BCUT2D eigenvalue weighted by atomic mass is 19.1. The molecule has 2 unspecified atom stereocenters. The Morgan fingerprint density at radius 1 is 1.38 bits per heavy atom. The summed E-state index contributed by atoms with van der Waals surface area (Å²) in [5.74, 6) is -0.128. The Labute approximate surface area is 125 Å². The number of halogens is 1. The van der Waals surface area contributed by atoms with Gasteiger partial charge < -0.3 is 9.64 Å². The molecule has 1 saturated carbocycles. The molecule has 1 heterocycles. The molecule has 1 amide bonds. The van der Waals surface area contributed by atoms with Crippen LogP contribution in [0.2, 0.25) is 0 Å². The van der Waals surface area contributed by atoms with E-state index in [1.54, 1.807) is 6.07 Å². The van der Waals surface area contributed by atoms with E-state index in [1.165, 1.54) is 12.1 Å². The van der Waals surface area contributed by atoms with Gasteiger partial charge in [0.1, 0.15) is 5.82 Å². The van der Waals surface area contributed by atoms with Crippen LogP contribution in [0, 0.1) is 5.82 Å². The van der Waals surface area contributed by atoms with Gasteiger partial charge in [0.05, 0.1) is 24.2 Å². The van der Waals surface area contributed by atoms with Crippen LogP contribution in [-0.2, 0) is 14.9 Å². The maximum Gasteiger partial charge on any atom is 0.233 e. The zero-order valence-corrected chi connectivity index (χ0v) is 12.6. The molecular formula is C17H22FNO2. The molecule has 2 atom stereocenters. The number of carbonyl (C=O) groups is 1. The first-order chi connectivity index (χ1) is 10.0. The van der Waals surface area contributed by atoms with Gasteiger partial charge in [0.2, 0.25) is 5.91 Å². The van der Waals surface area contributed by atoms with Crippen molar-refractivity contribution in [3.8, 4) is 0 Å². The van der Waals surface area contributed by atoms with E-state index in [0.717, 1.165) is 24.8 Å². The number of ether oxygens (including phenoxy) is 1. The van der Waals surface area contributed by atoms with E-state index < -0.39 is 5.41 Å². The summed E-state index contributed by atoms with van der Waals surface area (Å²) in [4.78, 5) is 15.0. The first-order valence-electron chi connectivity index (χ1n) is 7.72. The van der Waals surface area contributed by atoms with E-state index in [4.69, 9.17) is 4.74 Å². The Morgan fingerprint density at radius 3 is 2.76 bits per heavy atom. The summed E-state index contributed by atoms with van der Waals surface area (Å²) in [6.45, 7) is 5.20. The molecule has 21 heavy (non-hydrogen) atoms. The van der Waals surface area contributed by atoms with Crippen molar-refractivity contribution in [1.82, 2.24) is 4.90 Å². The highest BCUT2D eigenvalue weighted by molar-refractivity contribution is 5.89. The molecule has 2 aliphatic rings. The molecule has 2 fully saturated rings. The lowest BCUT2D eigenvalue weighted by Gasteiger charge is -2.47. The fourth-order valence-electron chi connectivity index (χ4n) is 3.40. The molecule has 0 bridgehead atoms. The largest absolute Gasteiger partial charge is 0.375 e. The third kappa shape index (κ3) is 2.46. The van der Waals surface area contributed by atoms with Crippen molar-refractivity contribution in [2.24, 2.45) is 0 Å². The highest BCUT2D eigenvalue weighted by Crippen LogP contribution is 2.45. The molecule has 1 aliphatic carbocycles. The van der Waals surface area contributed by atoms with Crippen molar-refractivity contribution in [3.63, 3.8) is 0 Å². The summed E-state index contributed by atoms with van der Waals surface area (Å²) in [5.41, 5.74) is 0.304. The Bertz CT molecular complexity index is 541. The third-order valence-corrected chi connectivity index (χ3v) is 4.86. The molecule has 1 saturated heterocycles. The number of benzene rings is 1. The molecule has 114 valence electrons. The molecule has 1 aliphatic heterocycles. The second-order valence-corrected chi connectivity index (χ2v) is 6.40. The van der Waals surface area contributed by atoms with Gasteiger partial charge in [-0.2, -0.15) is 0 Å². The predicted octanol–water partition coefficient (Wildman–Crippen LogP) is 2.88. The van der Waals surface area contributed by atoms with Crippen molar-refractivity contribution in [3.05, 3.63) is 35.6 Å². The minimum Gasteiger partial charge on any atom is -0.375 e. The zero-order valence-electron chi connectivity index (χ0n) is 12.6. The van der Waals surface area contributed by atoms with Crippen LogP contribution in [0.4, 0.5) is 4.39 Å². The quantitative estimate of drug-likeness (QED) is 0.838. The molecule has 0 spiro atoms. The van der Waals surface area contributed by atoms with Gasteiger partial charge in [0.25, 0.3) is 0 Å². The third-order valence-electron chi connectivity index (χ3n) is 4.86. The minimum absolute atomic E-state index is 0.0646. The Hall–Kier alpha value is -1.42. The number of nitrogens with zero attached hydrogens (tertiary/aromatic N) is 1. The van der Waals surface area contributed by atoms with Crippen LogP contribution >= 0.6 is 0 Å². The molecule has 0 aromatic heterocycles. The molecule has 0 N–H and O–H groups in total. The van der Waals surface area contributed by atoms with Gasteiger partial charge in [-0.3, -0.25) is 4.79 Å². The average Bonchev–Trinajstić information content (AvgIpc) is 2.40. The van der Waals surface area contributed by atoms with Crippen LogP contribution in [-0.4, -0.2) is 36.1 Å². The summed E-state index contributed by atoms with van der Waals surface area (Å²) in [5, 5.41) is 0. The Balaban J connectivity index is 1.90. The standard InChI is InChI=1S/C17H22FNO2/c1-12-11-21-13(2)10-19(12)16(20)17(7-4-8-17)14-5-3-6-15(18)9-14/h3,5-6,9,12-13H,4,7-8,10-11H2,1-2H3. The van der Waals surface area contributed by atoms with Gasteiger partial charge in [-0.05, 0) is 44.4 Å². The summed E-state index contributed by atoms with van der Waals surface area (Å²) in [7, 11) is 0.